The summed E-state index contributed by atoms with van der Waals surface area (Å²) in [7, 11) is 0. The highest BCUT2D eigenvalue weighted by Gasteiger charge is 2.12. The zero-order valence-corrected chi connectivity index (χ0v) is 18.4. The normalized spacial score (nSPS) is 11.7. The minimum Gasteiger partial charge on any atom is -0.335 e. The van der Waals surface area contributed by atoms with E-state index in [0.717, 1.165) is 55.9 Å². The lowest BCUT2D eigenvalue weighted by molar-refractivity contribution is 0.298. The van der Waals surface area contributed by atoms with E-state index in [0.29, 0.717) is 6.54 Å². The molecule has 0 spiro atoms. The maximum absolute atomic E-state index is 13.3. The van der Waals surface area contributed by atoms with Crippen LogP contribution in [-0.4, -0.2) is 40.6 Å². The van der Waals surface area contributed by atoms with Crippen molar-refractivity contribution < 1.29 is 4.39 Å². The summed E-state index contributed by atoms with van der Waals surface area (Å²) in [6, 6.07) is 17.4. The molecule has 0 atom stereocenters. The van der Waals surface area contributed by atoms with Crippen LogP contribution in [0.1, 0.15) is 31.5 Å². The lowest BCUT2D eigenvalue weighted by Gasteiger charge is -2.17. The van der Waals surface area contributed by atoms with Gasteiger partial charge in [-0.2, -0.15) is 0 Å². The molecule has 1 N–H and O–H groups in total. The van der Waals surface area contributed by atoms with Gasteiger partial charge in [0.15, 0.2) is 0 Å². The summed E-state index contributed by atoms with van der Waals surface area (Å²) in [5.74, 6) is -0.207. The van der Waals surface area contributed by atoms with Crippen molar-refractivity contribution in [2.45, 2.75) is 33.4 Å². The predicted octanol–water partition coefficient (Wildman–Crippen LogP) is 5.20. The van der Waals surface area contributed by atoms with Crippen molar-refractivity contribution in [2.24, 2.45) is 0 Å². The standard InChI is InChI=1S/C26H31FN4/c1-3-30(4-2)15-7-14-28-17-22-16-24-23-8-5-6-9-25(23)31(26(24)18-29-22)19-20-10-12-21(27)13-11-20/h5-6,8-13,16,18,28H,3-4,7,14-15,17,19H2,1-2H3. The molecular formula is C26H31FN4. The quantitative estimate of drug-likeness (QED) is 0.360. The van der Waals surface area contributed by atoms with E-state index in [1.807, 2.05) is 18.3 Å². The number of pyridine rings is 1. The molecule has 4 rings (SSSR count). The smallest absolute Gasteiger partial charge is 0.123 e. The molecule has 2 aromatic carbocycles. The van der Waals surface area contributed by atoms with Crippen LogP contribution >= 0.6 is 0 Å². The Labute approximate surface area is 183 Å². The molecule has 31 heavy (non-hydrogen) atoms. The third-order valence-corrected chi connectivity index (χ3v) is 6.00. The number of fused-ring (bicyclic) bond motifs is 3. The van der Waals surface area contributed by atoms with E-state index < -0.39 is 0 Å². The second-order valence-electron chi connectivity index (χ2n) is 7.98. The lowest BCUT2D eigenvalue weighted by Crippen LogP contribution is -2.27. The molecule has 0 unspecified atom stereocenters. The lowest BCUT2D eigenvalue weighted by atomic mass is 10.1. The average molecular weight is 419 g/mol. The summed E-state index contributed by atoms with van der Waals surface area (Å²) in [5, 5.41) is 5.98. The van der Waals surface area contributed by atoms with E-state index in [1.165, 1.54) is 28.4 Å². The number of nitrogens with one attached hydrogen (secondary N) is 1. The monoisotopic (exact) mass is 418 g/mol. The fourth-order valence-electron chi connectivity index (χ4n) is 4.21. The summed E-state index contributed by atoms with van der Waals surface area (Å²) in [5.41, 5.74) is 4.41. The van der Waals surface area contributed by atoms with Crippen molar-refractivity contribution in [3.63, 3.8) is 0 Å². The third kappa shape index (κ3) is 4.94. The van der Waals surface area contributed by atoms with E-state index in [-0.39, 0.29) is 5.82 Å². The SMILES string of the molecule is CCN(CC)CCCNCc1cc2c3ccccc3n(Cc3ccc(F)cc3)c2cn1. The first kappa shape index (κ1) is 21.5. The van der Waals surface area contributed by atoms with Gasteiger partial charge in [-0.25, -0.2) is 4.39 Å². The van der Waals surface area contributed by atoms with Gasteiger partial charge in [0.1, 0.15) is 5.82 Å². The largest absolute Gasteiger partial charge is 0.335 e. The van der Waals surface area contributed by atoms with Crippen LogP contribution in [0.2, 0.25) is 0 Å². The Kier molecular flexibility index (Phi) is 6.95. The van der Waals surface area contributed by atoms with Crippen molar-refractivity contribution >= 4 is 21.8 Å². The number of hydrogen-bond donors (Lipinski definition) is 1. The molecule has 162 valence electrons. The number of rotatable bonds is 10. The first-order chi connectivity index (χ1) is 15.2. The first-order valence-electron chi connectivity index (χ1n) is 11.2. The molecule has 5 heteroatoms. The predicted molar refractivity (Wildman–Crippen MR) is 127 cm³/mol. The minimum atomic E-state index is -0.207. The summed E-state index contributed by atoms with van der Waals surface area (Å²) in [6.07, 6.45) is 3.12. The van der Waals surface area contributed by atoms with Crippen LogP contribution in [0, 0.1) is 5.82 Å². The van der Waals surface area contributed by atoms with E-state index in [4.69, 9.17) is 4.98 Å². The van der Waals surface area contributed by atoms with Crippen LogP contribution in [0.4, 0.5) is 4.39 Å². The van der Waals surface area contributed by atoms with Crippen LogP contribution < -0.4 is 5.32 Å². The fraction of sp³-hybridized carbons (Fsp3) is 0.346. The Hall–Kier alpha value is -2.76. The highest BCUT2D eigenvalue weighted by Crippen LogP contribution is 2.29. The molecule has 0 aliphatic carbocycles. The summed E-state index contributed by atoms with van der Waals surface area (Å²) in [6.45, 7) is 10.2. The zero-order valence-electron chi connectivity index (χ0n) is 18.4. The molecule has 0 aliphatic heterocycles. The summed E-state index contributed by atoms with van der Waals surface area (Å²) >= 11 is 0. The molecule has 0 saturated carbocycles. The molecule has 0 bridgehead atoms. The van der Waals surface area contributed by atoms with Crippen molar-refractivity contribution in [1.29, 1.82) is 0 Å². The van der Waals surface area contributed by atoms with Crippen molar-refractivity contribution in [1.82, 2.24) is 19.8 Å². The number of nitrogens with zero attached hydrogens (tertiary/aromatic N) is 3. The molecule has 4 nitrogen and oxygen atoms in total. The Morgan fingerprint density at radius 2 is 1.74 bits per heavy atom. The number of halogens is 1. The van der Waals surface area contributed by atoms with Gasteiger partial charge in [0, 0.05) is 29.4 Å². The molecule has 0 amide bonds. The van der Waals surface area contributed by atoms with Crippen molar-refractivity contribution in [3.05, 3.63) is 77.9 Å². The Morgan fingerprint density at radius 3 is 2.52 bits per heavy atom. The number of aromatic nitrogens is 2. The zero-order chi connectivity index (χ0) is 21.6. The van der Waals surface area contributed by atoms with Gasteiger partial charge in [0.05, 0.1) is 17.4 Å². The van der Waals surface area contributed by atoms with Crippen LogP contribution in [0.25, 0.3) is 21.8 Å². The van der Waals surface area contributed by atoms with Gasteiger partial charge in [-0.15, -0.1) is 0 Å². The van der Waals surface area contributed by atoms with Gasteiger partial charge in [0.25, 0.3) is 0 Å². The van der Waals surface area contributed by atoms with Gasteiger partial charge in [-0.05, 0) is 62.4 Å². The van der Waals surface area contributed by atoms with Gasteiger partial charge < -0.3 is 14.8 Å². The Bertz CT molecular complexity index is 1130. The van der Waals surface area contributed by atoms with Gasteiger partial charge in [0.2, 0.25) is 0 Å². The number of para-hydroxylation sites is 1. The van der Waals surface area contributed by atoms with Crippen LogP contribution in [-0.2, 0) is 13.1 Å². The van der Waals surface area contributed by atoms with Crippen LogP contribution in [0.3, 0.4) is 0 Å². The van der Waals surface area contributed by atoms with Crippen molar-refractivity contribution in [3.8, 4) is 0 Å². The molecular weight excluding hydrogens is 387 g/mol. The Balaban J connectivity index is 1.53. The summed E-state index contributed by atoms with van der Waals surface area (Å²) in [4.78, 5) is 7.18. The number of benzene rings is 2. The van der Waals surface area contributed by atoms with E-state index in [9.17, 15) is 4.39 Å². The van der Waals surface area contributed by atoms with Crippen LogP contribution in [0.5, 0.6) is 0 Å². The van der Waals surface area contributed by atoms with Crippen molar-refractivity contribution in [2.75, 3.05) is 26.2 Å². The second kappa shape index (κ2) is 10.0. The van der Waals surface area contributed by atoms with E-state index in [2.05, 4.69) is 59.0 Å². The van der Waals surface area contributed by atoms with E-state index in [1.54, 1.807) is 0 Å². The average Bonchev–Trinajstić information content (AvgIpc) is 3.11. The maximum Gasteiger partial charge on any atom is 0.123 e. The molecule has 0 saturated heterocycles. The fourth-order valence-corrected chi connectivity index (χ4v) is 4.21. The second-order valence-corrected chi connectivity index (χ2v) is 7.98. The molecule has 0 aliphatic rings. The number of hydrogen-bond acceptors (Lipinski definition) is 3. The van der Waals surface area contributed by atoms with Crippen LogP contribution in [0.15, 0.2) is 60.8 Å². The maximum atomic E-state index is 13.3. The Morgan fingerprint density at radius 1 is 0.968 bits per heavy atom. The third-order valence-electron chi connectivity index (χ3n) is 6.00. The minimum absolute atomic E-state index is 0.207. The first-order valence-corrected chi connectivity index (χ1v) is 11.2. The van der Waals surface area contributed by atoms with E-state index >= 15 is 0 Å². The molecule has 2 heterocycles. The highest BCUT2D eigenvalue weighted by atomic mass is 19.1. The highest BCUT2D eigenvalue weighted by molar-refractivity contribution is 6.07. The van der Waals surface area contributed by atoms with Gasteiger partial charge in [-0.1, -0.05) is 44.2 Å². The van der Waals surface area contributed by atoms with Gasteiger partial charge in [-0.3, -0.25) is 4.98 Å². The molecule has 4 aromatic rings. The van der Waals surface area contributed by atoms with Gasteiger partial charge >= 0.3 is 0 Å². The molecule has 2 aromatic heterocycles. The molecule has 0 fully saturated rings. The molecule has 0 radical (unpaired) electrons. The summed E-state index contributed by atoms with van der Waals surface area (Å²) < 4.78 is 15.6. The topological polar surface area (TPSA) is 33.1 Å².